The summed E-state index contributed by atoms with van der Waals surface area (Å²) in [6, 6.07) is 8.59. The number of nitrogens with zero attached hydrogens (tertiary/aromatic N) is 2. The Morgan fingerprint density at radius 3 is 2.52 bits per heavy atom. The van der Waals surface area contributed by atoms with Crippen molar-refractivity contribution in [2.75, 3.05) is 66.8 Å². The Kier molecular flexibility index (Phi) is 14.0. The maximum atomic E-state index is 5.53. The molecule has 0 aliphatic carbocycles. The number of unbranched alkanes of at least 4 members (excludes halogenated alkanes) is 1. The number of ether oxygens (including phenoxy) is 3. The normalized spacial score (nSPS) is 16.0. The van der Waals surface area contributed by atoms with E-state index in [0.29, 0.717) is 0 Å². The Bertz CT molecular complexity index is 566. The van der Waals surface area contributed by atoms with Crippen LogP contribution in [0.5, 0.6) is 5.75 Å². The fraction of sp³-hybridized carbons (Fsp3) is 0.667. The van der Waals surface area contributed by atoms with Crippen molar-refractivity contribution >= 4 is 29.9 Å². The second-order valence-electron chi connectivity index (χ2n) is 6.72. The van der Waals surface area contributed by atoms with Gasteiger partial charge in [0.25, 0.3) is 0 Å². The molecule has 1 aromatic carbocycles. The second-order valence-corrected chi connectivity index (χ2v) is 6.72. The van der Waals surface area contributed by atoms with Crippen LogP contribution in [0.15, 0.2) is 29.3 Å². The Morgan fingerprint density at radius 2 is 1.90 bits per heavy atom. The van der Waals surface area contributed by atoms with E-state index in [9.17, 15) is 0 Å². The zero-order chi connectivity index (χ0) is 20.0. The highest BCUT2D eigenvalue weighted by atomic mass is 127. The van der Waals surface area contributed by atoms with Crippen molar-refractivity contribution in [3.63, 3.8) is 0 Å². The summed E-state index contributed by atoms with van der Waals surface area (Å²) in [5.74, 6) is 1.71. The number of methoxy groups -OCH3 is 1. The van der Waals surface area contributed by atoms with Gasteiger partial charge < -0.3 is 24.8 Å². The van der Waals surface area contributed by atoms with E-state index in [0.717, 1.165) is 77.2 Å². The molecule has 1 aliphatic rings. The van der Waals surface area contributed by atoms with Crippen LogP contribution in [-0.4, -0.2) is 77.6 Å². The van der Waals surface area contributed by atoms with Gasteiger partial charge in [-0.1, -0.05) is 12.1 Å². The smallest absolute Gasteiger partial charge is 0.191 e. The Balaban J connectivity index is 0.00000420. The number of morpholine rings is 1. The van der Waals surface area contributed by atoms with E-state index in [1.54, 1.807) is 7.11 Å². The molecule has 7 nitrogen and oxygen atoms in total. The number of guanidine groups is 1. The van der Waals surface area contributed by atoms with Crippen LogP contribution in [0, 0.1) is 0 Å². The predicted molar refractivity (Wildman–Crippen MR) is 129 cm³/mol. The molecule has 1 heterocycles. The number of halogens is 1. The zero-order valence-corrected chi connectivity index (χ0v) is 20.3. The maximum absolute atomic E-state index is 5.53. The van der Waals surface area contributed by atoms with Gasteiger partial charge in [-0.3, -0.25) is 9.89 Å². The fourth-order valence-corrected chi connectivity index (χ4v) is 3.27. The summed E-state index contributed by atoms with van der Waals surface area (Å²) in [4.78, 5) is 6.83. The summed E-state index contributed by atoms with van der Waals surface area (Å²) in [5, 5.41) is 6.88. The molecule has 0 bridgehead atoms. The molecule has 2 rings (SSSR count). The van der Waals surface area contributed by atoms with Gasteiger partial charge in [0.1, 0.15) is 5.75 Å². The fourth-order valence-electron chi connectivity index (χ4n) is 3.27. The molecule has 2 N–H and O–H groups in total. The summed E-state index contributed by atoms with van der Waals surface area (Å²) in [7, 11) is 3.51. The monoisotopic (exact) mass is 520 g/mol. The van der Waals surface area contributed by atoms with E-state index in [4.69, 9.17) is 14.2 Å². The highest BCUT2D eigenvalue weighted by Gasteiger charge is 2.23. The van der Waals surface area contributed by atoms with E-state index < -0.39 is 0 Å². The molecule has 0 radical (unpaired) electrons. The molecule has 1 fully saturated rings. The topological polar surface area (TPSA) is 67.3 Å². The molecule has 8 heteroatoms. The first-order valence-electron chi connectivity index (χ1n) is 10.3. The van der Waals surface area contributed by atoms with Gasteiger partial charge in [0.15, 0.2) is 5.96 Å². The molecule has 29 heavy (non-hydrogen) atoms. The lowest BCUT2D eigenvalue weighted by Gasteiger charge is -2.35. The zero-order valence-electron chi connectivity index (χ0n) is 18.0. The average molecular weight is 520 g/mol. The molecule has 1 atom stereocenters. The Morgan fingerprint density at radius 1 is 1.17 bits per heavy atom. The predicted octanol–water partition coefficient (Wildman–Crippen LogP) is 2.67. The SMILES string of the molecule is CCOCCCCNC(=NC)NCC(c1ccc(OC)cc1)N1CCOCC1.I. The van der Waals surface area contributed by atoms with Crippen LogP contribution < -0.4 is 15.4 Å². The Hall–Kier alpha value is -1.10. The molecule has 0 aromatic heterocycles. The Labute approximate surface area is 192 Å². The highest BCUT2D eigenvalue weighted by molar-refractivity contribution is 14.0. The van der Waals surface area contributed by atoms with Crippen molar-refractivity contribution in [1.29, 1.82) is 0 Å². The number of aliphatic imine (C=N–C) groups is 1. The van der Waals surface area contributed by atoms with Crippen molar-refractivity contribution in [3.8, 4) is 5.75 Å². The molecular formula is C21H37IN4O3. The first kappa shape index (κ1) is 25.9. The van der Waals surface area contributed by atoms with Crippen molar-refractivity contribution in [2.45, 2.75) is 25.8 Å². The average Bonchev–Trinajstić information content (AvgIpc) is 2.76. The first-order valence-corrected chi connectivity index (χ1v) is 10.3. The van der Waals surface area contributed by atoms with Crippen molar-refractivity contribution in [2.24, 2.45) is 4.99 Å². The lowest BCUT2D eigenvalue weighted by Crippen LogP contribution is -2.46. The number of hydrogen-bond donors (Lipinski definition) is 2. The summed E-state index contributed by atoms with van der Waals surface area (Å²) < 4.78 is 16.2. The van der Waals surface area contributed by atoms with Crippen LogP contribution in [0.3, 0.4) is 0 Å². The van der Waals surface area contributed by atoms with Crippen LogP contribution in [0.4, 0.5) is 0 Å². The quantitative estimate of drug-likeness (QED) is 0.203. The third kappa shape index (κ3) is 9.50. The van der Waals surface area contributed by atoms with E-state index in [1.165, 1.54) is 5.56 Å². The van der Waals surface area contributed by atoms with Gasteiger partial charge in [0, 0.05) is 46.4 Å². The molecule has 1 unspecified atom stereocenters. The summed E-state index contributed by atoms with van der Waals surface area (Å²) >= 11 is 0. The van der Waals surface area contributed by atoms with E-state index >= 15 is 0 Å². The molecule has 1 saturated heterocycles. The van der Waals surface area contributed by atoms with E-state index in [1.807, 2.05) is 26.1 Å². The molecule has 1 aliphatic heterocycles. The second kappa shape index (κ2) is 15.7. The van der Waals surface area contributed by atoms with Gasteiger partial charge in [-0.2, -0.15) is 0 Å². The molecule has 166 valence electrons. The lowest BCUT2D eigenvalue weighted by atomic mass is 10.0. The number of benzene rings is 1. The van der Waals surface area contributed by atoms with Crippen LogP contribution in [0.25, 0.3) is 0 Å². The van der Waals surface area contributed by atoms with Gasteiger partial charge in [-0.15, -0.1) is 24.0 Å². The van der Waals surface area contributed by atoms with Crippen LogP contribution in [0.2, 0.25) is 0 Å². The van der Waals surface area contributed by atoms with E-state index in [-0.39, 0.29) is 30.0 Å². The van der Waals surface area contributed by atoms with Crippen LogP contribution in [0.1, 0.15) is 31.4 Å². The summed E-state index contributed by atoms with van der Waals surface area (Å²) in [5.41, 5.74) is 1.27. The van der Waals surface area contributed by atoms with Gasteiger partial charge >= 0.3 is 0 Å². The highest BCUT2D eigenvalue weighted by Crippen LogP contribution is 2.23. The standard InChI is InChI=1S/C21H36N4O3.HI/c1-4-27-14-6-5-11-23-21(22-2)24-17-20(25-12-15-28-16-13-25)18-7-9-19(26-3)10-8-18;/h7-10,20H,4-6,11-17H2,1-3H3,(H2,22,23,24);1H. The minimum absolute atomic E-state index is 0. The summed E-state index contributed by atoms with van der Waals surface area (Å²) in [6.45, 7) is 8.72. The number of hydrogen-bond acceptors (Lipinski definition) is 5. The molecule has 0 amide bonds. The molecule has 0 saturated carbocycles. The first-order chi connectivity index (χ1) is 13.8. The van der Waals surface area contributed by atoms with Crippen LogP contribution >= 0.6 is 24.0 Å². The minimum Gasteiger partial charge on any atom is -0.497 e. The molecular weight excluding hydrogens is 483 g/mol. The van der Waals surface area contributed by atoms with E-state index in [2.05, 4.69) is 32.7 Å². The molecule has 1 aromatic rings. The maximum Gasteiger partial charge on any atom is 0.191 e. The van der Waals surface area contributed by atoms with Crippen LogP contribution in [-0.2, 0) is 9.47 Å². The van der Waals surface area contributed by atoms with Gasteiger partial charge in [-0.25, -0.2) is 0 Å². The van der Waals surface area contributed by atoms with Crippen molar-refractivity contribution in [1.82, 2.24) is 15.5 Å². The minimum atomic E-state index is 0. The number of rotatable bonds is 11. The number of nitrogens with one attached hydrogen (secondary N) is 2. The third-order valence-corrected chi connectivity index (χ3v) is 4.89. The summed E-state index contributed by atoms with van der Waals surface area (Å²) in [6.07, 6.45) is 2.12. The van der Waals surface area contributed by atoms with Gasteiger partial charge in [0.2, 0.25) is 0 Å². The third-order valence-electron chi connectivity index (χ3n) is 4.89. The molecule has 0 spiro atoms. The largest absolute Gasteiger partial charge is 0.497 e. The lowest BCUT2D eigenvalue weighted by molar-refractivity contribution is 0.0170. The van der Waals surface area contributed by atoms with Crippen molar-refractivity contribution in [3.05, 3.63) is 29.8 Å². The van der Waals surface area contributed by atoms with Gasteiger partial charge in [-0.05, 0) is 37.5 Å². The van der Waals surface area contributed by atoms with Gasteiger partial charge in [0.05, 0.1) is 26.4 Å². The van der Waals surface area contributed by atoms with Crippen molar-refractivity contribution < 1.29 is 14.2 Å².